The molecule has 2 amide bonds. The van der Waals surface area contributed by atoms with Crippen molar-refractivity contribution in [3.05, 3.63) is 0 Å². The van der Waals surface area contributed by atoms with Gasteiger partial charge in [-0.1, -0.05) is 13.8 Å². The first kappa shape index (κ1) is 17.9. The second-order valence-corrected chi connectivity index (χ2v) is 6.17. The van der Waals surface area contributed by atoms with Crippen molar-refractivity contribution in [2.24, 2.45) is 11.1 Å². The Morgan fingerprint density at radius 2 is 1.84 bits per heavy atom. The lowest BCUT2D eigenvalue weighted by Crippen LogP contribution is -2.41. The standard InChI is InChI=1S/C14H29N3O2/c1-11(2)16-12(18)10-17(5)13(19)6-7-14(3,4)8-9-15/h11H,6-10,15H2,1-5H3,(H,16,18). The Kier molecular flexibility index (Phi) is 7.68. The molecule has 0 aromatic carbocycles. The number of hydrogen-bond donors (Lipinski definition) is 2. The van der Waals surface area contributed by atoms with E-state index in [4.69, 9.17) is 5.73 Å². The topological polar surface area (TPSA) is 75.4 Å². The molecule has 0 bridgehead atoms. The smallest absolute Gasteiger partial charge is 0.239 e. The summed E-state index contributed by atoms with van der Waals surface area (Å²) in [5, 5.41) is 2.77. The van der Waals surface area contributed by atoms with Crippen molar-refractivity contribution < 1.29 is 9.59 Å². The Bertz CT molecular complexity index is 301. The SMILES string of the molecule is CC(C)NC(=O)CN(C)C(=O)CCC(C)(C)CCN. The molecule has 0 spiro atoms. The minimum atomic E-state index is -0.118. The molecular formula is C14H29N3O2. The first-order valence-electron chi connectivity index (χ1n) is 6.91. The zero-order chi connectivity index (χ0) is 15.1. The van der Waals surface area contributed by atoms with Gasteiger partial charge in [-0.15, -0.1) is 0 Å². The minimum absolute atomic E-state index is 0.00371. The van der Waals surface area contributed by atoms with Gasteiger partial charge in [0.2, 0.25) is 11.8 Å². The summed E-state index contributed by atoms with van der Waals surface area (Å²) in [4.78, 5) is 25.0. The van der Waals surface area contributed by atoms with E-state index in [0.29, 0.717) is 13.0 Å². The van der Waals surface area contributed by atoms with Crippen molar-refractivity contribution >= 4 is 11.8 Å². The lowest BCUT2D eigenvalue weighted by molar-refractivity contribution is -0.135. The van der Waals surface area contributed by atoms with Gasteiger partial charge >= 0.3 is 0 Å². The third-order valence-corrected chi connectivity index (χ3v) is 3.09. The summed E-state index contributed by atoms with van der Waals surface area (Å²) in [5.74, 6) is -0.115. The van der Waals surface area contributed by atoms with E-state index in [2.05, 4.69) is 19.2 Å². The van der Waals surface area contributed by atoms with Gasteiger partial charge in [-0.25, -0.2) is 0 Å². The van der Waals surface area contributed by atoms with Gasteiger partial charge in [-0.3, -0.25) is 9.59 Å². The summed E-state index contributed by atoms with van der Waals surface area (Å²) in [6.45, 7) is 8.77. The van der Waals surface area contributed by atoms with Crippen LogP contribution < -0.4 is 11.1 Å². The van der Waals surface area contributed by atoms with Gasteiger partial charge in [0, 0.05) is 19.5 Å². The number of rotatable bonds is 8. The van der Waals surface area contributed by atoms with Crippen LogP contribution in [-0.2, 0) is 9.59 Å². The second-order valence-electron chi connectivity index (χ2n) is 6.17. The number of carbonyl (C=O) groups is 2. The molecule has 0 saturated carbocycles. The van der Waals surface area contributed by atoms with Crippen molar-refractivity contribution in [3.63, 3.8) is 0 Å². The molecule has 0 atom stereocenters. The number of nitrogens with two attached hydrogens (primary N) is 1. The third-order valence-electron chi connectivity index (χ3n) is 3.09. The highest BCUT2D eigenvalue weighted by molar-refractivity contribution is 5.84. The van der Waals surface area contributed by atoms with E-state index in [1.54, 1.807) is 7.05 Å². The van der Waals surface area contributed by atoms with E-state index < -0.39 is 0 Å². The van der Waals surface area contributed by atoms with Gasteiger partial charge in [0.05, 0.1) is 6.54 Å². The molecule has 0 aliphatic heterocycles. The molecule has 5 heteroatoms. The minimum Gasteiger partial charge on any atom is -0.352 e. The second kappa shape index (κ2) is 8.15. The largest absolute Gasteiger partial charge is 0.352 e. The van der Waals surface area contributed by atoms with E-state index in [-0.39, 0.29) is 29.8 Å². The van der Waals surface area contributed by atoms with Crippen LogP contribution in [0, 0.1) is 5.41 Å². The van der Waals surface area contributed by atoms with Crippen molar-refractivity contribution in [2.45, 2.75) is 53.0 Å². The van der Waals surface area contributed by atoms with Crippen LogP contribution in [0.3, 0.4) is 0 Å². The number of hydrogen-bond acceptors (Lipinski definition) is 3. The predicted octanol–water partition coefficient (Wildman–Crippen LogP) is 1.12. The summed E-state index contributed by atoms with van der Waals surface area (Å²) in [5.41, 5.74) is 5.62. The van der Waals surface area contributed by atoms with Crippen molar-refractivity contribution in [1.29, 1.82) is 0 Å². The lowest BCUT2D eigenvalue weighted by atomic mass is 9.84. The molecule has 0 rings (SSSR count). The van der Waals surface area contributed by atoms with E-state index in [1.165, 1.54) is 4.90 Å². The summed E-state index contributed by atoms with van der Waals surface area (Å²) in [6.07, 6.45) is 2.15. The number of carbonyl (C=O) groups excluding carboxylic acids is 2. The maximum atomic E-state index is 11.9. The van der Waals surface area contributed by atoms with Gasteiger partial charge in [-0.2, -0.15) is 0 Å². The molecule has 112 valence electrons. The summed E-state index contributed by atoms with van der Waals surface area (Å²) < 4.78 is 0. The maximum absolute atomic E-state index is 11.9. The van der Waals surface area contributed by atoms with E-state index in [0.717, 1.165) is 12.8 Å². The van der Waals surface area contributed by atoms with Crippen LogP contribution in [0.5, 0.6) is 0 Å². The number of likely N-dealkylation sites (N-methyl/N-ethyl adjacent to an activating group) is 1. The van der Waals surface area contributed by atoms with Gasteiger partial charge in [0.25, 0.3) is 0 Å². The van der Waals surface area contributed by atoms with Gasteiger partial charge in [0.1, 0.15) is 0 Å². The Morgan fingerprint density at radius 3 is 2.32 bits per heavy atom. The number of amides is 2. The fourth-order valence-corrected chi connectivity index (χ4v) is 1.82. The molecule has 0 radical (unpaired) electrons. The summed E-state index contributed by atoms with van der Waals surface area (Å²) in [7, 11) is 1.66. The average molecular weight is 271 g/mol. The normalized spacial score (nSPS) is 11.5. The quantitative estimate of drug-likeness (QED) is 0.695. The monoisotopic (exact) mass is 271 g/mol. The molecule has 5 nitrogen and oxygen atoms in total. The Labute approximate surface area is 116 Å². The molecule has 3 N–H and O–H groups in total. The molecule has 0 aromatic heterocycles. The van der Waals surface area contributed by atoms with Crippen LogP contribution in [0.2, 0.25) is 0 Å². The van der Waals surface area contributed by atoms with Crippen LogP contribution >= 0.6 is 0 Å². The first-order valence-corrected chi connectivity index (χ1v) is 6.91. The van der Waals surface area contributed by atoms with Gasteiger partial charge in [-0.05, 0) is 38.6 Å². The molecule has 0 fully saturated rings. The molecule has 0 aliphatic rings. The molecule has 19 heavy (non-hydrogen) atoms. The summed E-state index contributed by atoms with van der Waals surface area (Å²) >= 11 is 0. The van der Waals surface area contributed by atoms with Crippen LogP contribution in [0.15, 0.2) is 0 Å². The molecule has 0 saturated heterocycles. The fourth-order valence-electron chi connectivity index (χ4n) is 1.82. The molecule has 0 unspecified atom stereocenters. The third kappa shape index (κ3) is 8.59. The van der Waals surface area contributed by atoms with Crippen molar-refractivity contribution in [2.75, 3.05) is 20.1 Å². The molecule has 0 aliphatic carbocycles. The Hall–Kier alpha value is -1.10. The van der Waals surface area contributed by atoms with E-state index in [1.807, 2.05) is 13.8 Å². The number of nitrogens with zero attached hydrogens (tertiary/aromatic N) is 1. The highest BCUT2D eigenvalue weighted by atomic mass is 16.2. The molecule has 0 heterocycles. The van der Waals surface area contributed by atoms with Crippen LogP contribution in [-0.4, -0.2) is 42.9 Å². The van der Waals surface area contributed by atoms with Crippen LogP contribution in [0.4, 0.5) is 0 Å². The van der Waals surface area contributed by atoms with Crippen molar-refractivity contribution in [3.8, 4) is 0 Å². The number of nitrogens with one attached hydrogen (secondary N) is 1. The first-order chi connectivity index (χ1) is 8.68. The zero-order valence-electron chi connectivity index (χ0n) is 13.0. The van der Waals surface area contributed by atoms with E-state index >= 15 is 0 Å². The summed E-state index contributed by atoms with van der Waals surface area (Å²) in [6, 6.07) is 0.0967. The zero-order valence-corrected chi connectivity index (χ0v) is 13.0. The van der Waals surface area contributed by atoms with Crippen LogP contribution in [0.25, 0.3) is 0 Å². The maximum Gasteiger partial charge on any atom is 0.239 e. The predicted molar refractivity (Wildman–Crippen MR) is 77.6 cm³/mol. The van der Waals surface area contributed by atoms with Crippen molar-refractivity contribution in [1.82, 2.24) is 10.2 Å². The van der Waals surface area contributed by atoms with Gasteiger partial charge < -0.3 is 16.0 Å². The fraction of sp³-hybridized carbons (Fsp3) is 0.857. The highest BCUT2D eigenvalue weighted by Gasteiger charge is 2.20. The van der Waals surface area contributed by atoms with Gasteiger partial charge in [0.15, 0.2) is 0 Å². The average Bonchev–Trinajstić information content (AvgIpc) is 2.24. The van der Waals surface area contributed by atoms with E-state index in [9.17, 15) is 9.59 Å². The van der Waals surface area contributed by atoms with Crippen LogP contribution in [0.1, 0.15) is 47.0 Å². The highest BCUT2D eigenvalue weighted by Crippen LogP contribution is 2.26. The molecular weight excluding hydrogens is 242 g/mol. The molecule has 0 aromatic rings. The lowest BCUT2D eigenvalue weighted by Gasteiger charge is -2.25. The Balaban J connectivity index is 4.10. The Morgan fingerprint density at radius 1 is 1.26 bits per heavy atom.